The molecule has 0 bridgehead atoms. The number of oxime groups is 1. The summed E-state index contributed by atoms with van der Waals surface area (Å²) in [6.07, 6.45) is -0.779. The number of amidine groups is 1. The number of benzene rings is 1. The molecule has 0 aliphatic carbocycles. The Morgan fingerprint density at radius 2 is 1.90 bits per heavy atom. The standard InChI is InChI=1S/C18H24BrFN4O6S/c1-18(2,3)30-17(26)23-31(28,29)24-8-6-11(7-9-24)15(25)16(22-27)21-12-4-5-14(20)13(19)10-12/h4-5,10-11,27H,6-9H2,1-3H3,(H,21,22)(H,23,26). The van der Waals surface area contributed by atoms with Crippen molar-refractivity contribution in [2.75, 3.05) is 18.4 Å². The second-order valence-electron chi connectivity index (χ2n) is 7.85. The molecule has 0 atom stereocenters. The lowest BCUT2D eigenvalue weighted by Gasteiger charge is -2.30. The molecule has 1 aliphatic heterocycles. The number of carbonyl (C=O) groups is 2. The van der Waals surface area contributed by atoms with E-state index in [4.69, 9.17) is 4.74 Å². The normalized spacial score (nSPS) is 16.6. The molecule has 3 N–H and O–H groups in total. The maximum absolute atomic E-state index is 13.4. The largest absolute Gasteiger partial charge is 0.443 e. The summed E-state index contributed by atoms with van der Waals surface area (Å²) in [5.74, 6) is -1.95. The van der Waals surface area contributed by atoms with Crippen molar-refractivity contribution in [2.45, 2.75) is 39.2 Å². The minimum absolute atomic E-state index is 0.0185. The minimum atomic E-state index is -4.13. The van der Waals surface area contributed by atoms with E-state index in [9.17, 15) is 27.6 Å². The number of piperidine rings is 1. The van der Waals surface area contributed by atoms with Crippen LogP contribution in [0.1, 0.15) is 33.6 Å². The molecule has 0 unspecified atom stereocenters. The van der Waals surface area contributed by atoms with Gasteiger partial charge in [0.25, 0.3) is 0 Å². The number of ketones is 1. The van der Waals surface area contributed by atoms with Crippen molar-refractivity contribution in [2.24, 2.45) is 11.1 Å². The van der Waals surface area contributed by atoms with Crippen molar-refractivity contribution >= 4 is 49.5 Å². The first-order valence-corrected chi connectivity index (χ1v) is 11.5. The van der Waals surface area contributed by atoms with Crippen molar-refractivity contribution in [1.29, 1.82) is 0 Å². The lowest BCUT2D eigenvalue weighted by atomic mass is 9.93. The minimum Gasteiger partial charge on any atom is -0.443 e. The average Bonchev–Trinajstić information content (AvgIpc) is 2.66. The molecule has 1 amide bonds. The summed E-state index contributed by atoms with van der Waals surface area (Å²) in [4.78, 5) is 24.4. The topological polar surface area (TPSA) is 137 Å². The third-order valence-electron chi connectivity index (χ3n) is 4.29. The lowest BCUT2D eigenvalue weighted by Crippen LogP contribution is -2.49. The number of anilines is 1. The Morgan fingerprint density at radius 3 is 2.42 bits per heavy atom. The van der Waals surface area contributed by atoms with Crippen LogP contribution in [0, 0.1) is 11.7 Å². The molecular formula is C18H24BrFN4O6S. The number of nitrogens with one attached hydrogen (secondary N) is 2. The Hall–Kier alpha value is -2.25. The Kier molecular flexibility index (Phi) is 8.00. The summed E-state index contributed by atoms with van der Waals surface area (Å²) >= 11 is 3.03. The fraction of sp³-hybridized carbons (Fsp3) is 0.500. The van der Waals surface area contributed by atoms with Gasteiger partial charge < -0.3 is 15.3 Å². The monoisotopic (exact) mass is 522 g/mol. The van der Waals surface area contributed by atoms with Gasteiger partial charge in [0.1, 0.15) is 11.4 Å². The van der Waals surface area contributed by atoms with Crippen LogP contribution in [0.15, 0.2) is 27.8 Å². The van der Waals surface area contributed by atoms with E-state index in [0.29, 0.717) is 5.69 Å². The van der Waals surface area contributed by atoms with Gasteiger partial charge in [0.2, 0.25) is 11.6 Å². The van der Waals surface area contributed by atoms with Crippen LogP contribution in [0.2, 0.25) is 0 Å². The first kappa shape index (κ1) is 25.0. The van der Waals surface area contributed by atoms with Gasteiger partial charge in [-0.25, -0.2) is 13.9 Å². The van der Waals surface area contributed by atoms with Crippen LogP contribution < -0.4 is 10.0 Å². The second-order valence-corrected chi connectivity index (χ2v) is 10.4. The molecule has 0 saturated carbocycles. The van der Waals surface area contributed by atoms with Crippen LogP contribution in [-0.2, 0) is 19.7 Å². The third kappa shape index (κ3) is 7.14. The molecule has 1 saturated heterocycles. The summed E-state index contributed by atoms with van der Waals surface area (Å²) in [5.41, 5.74) is -0.525. The predicted molar refractivity (Wildman–Crippen MR) is 115 cm³/mol. The molecule has 31 heavy (non-hydrogen) atoms. The summed E-state index contributed by atoms with van der Waals surface area (Å²) in [6.45, 7) is 4.78. The molecular weight excluding hydrogens is 499 g/mol. The molecule has 0 radical (unpaired) electrons. The number of nitrogens with zero attached hydrogens (tertiary/aromatic N) is 2. The summed E-state index contributed by atoms with van der Waals surface area (Å²) in [6, 6.07) is 3.92. The number of ether oxygens (including phenoxy) is 1. The van der Waals surface area contributed by atoms with E-state index < -0.39 is 39.4 Å². The molecule has 1 fully saturated rings. The van der Waals surface area contributed by atoms with Gasteiger partial charge in [-0.2, -0.15) is 12.7 Å². The van der Waals surface area contributed by atoms with E-state index in [-0.39, 0.29) is 36.2 Å². The van der Waals surface area contributed by atoms with Crippen molar-refractivity contribution in [3.05, 3.63) is 28.5 Å². The summed E-state index contributed by atoms with van der Waals surface area (Å²) in [7, 11) is -4.13. The van der Waals surface area contributed by atoms with Gasteiger partial charge in [0, 0.05) is 24.7 Å². The Labute approximate surface area is 188 Å². The zero-order chi connectivity index (χ0) is 23.4. The van der Waals surface area contributed by atoms with Crippen molar-refractivity contribution in [1.82, 2.24) is 9.03 Å². The molecule has 172 valence electrons. The molecule has 10 nitrogen and oxygen atoms in total. The predicted octanol–water partition coefficient (Wildman–Crippen LogP) is 2.84. The fourth-order valence-corrected chi connectivity index (χ4v) is 4.32. The zero-order valence-corrected chi connectivity index (χ0v) is 19.6. The molecule has 1 aliphatic rings. The fourth-order valence-electron chi connectivity index (χ4n) is 2.87. The first-order chi connectivity index (χ1) is 14.3. The van der Waals surface area contributed by atoms with E-state index in [0.717, 1.165) is 4.31 Å². The lowest BCUT2D eigenvalue weighted by molar-refractivity contribution is -0.117. The van der Waals surface area contributed by atoms with Crippen LogP contribution in [0.3, 0.4) is 0 Å². The van der Waals surface area contributed by atoms with E-state index in [1.807, 2.05) is 4.72 Å². The van der Waals surface area contributed by atoms with Gasteiger partial charge in [-0.1, -0.05) is 5.16 Å². The third-order valence-corrected chi connectivity index (χ3v) is 6.37. The highest BCUT2D eigenvalue weighted by atomic mass is 79.9. The molecule has 0 aromatic heterocycles. The molecule has 1 aromatic carbocycles. The Morgan fingerprint density at radius 1 is 1.29 bits per heavy atom. The summed E-state index contributed by atoms with van der Waals surface area (Å²) in [5, 5.41) is 14.9. The second kappa shape index (κ2) is 9.92. The van der Waals surface area contributed by atoms with E-state index in [2.05, 4.69) is 26.4 Å². The average molecular weight is 523 g/mol. The molecule has 2 rings (SSSR count). The van der Waals surface area contributed by atoms with Gasteiger partial charge in [-0.05, 0) is 67.7 Å². The van der Waals surface area contributed by atoms with Gasteiger partial charge in [0.05, 0.1) is 4.47 Å². The van der Waals surface area contributed by atoms with Crippen LogP contribution in [-0.4, -0.2) is 54.3 Å². The number of carbonyl (C=O) groups excluding carboxylic acids is 2. The Balaban J connectivity index is 1.96. The number of amides is 1. The van der Waals surface area contributed by atoms with Crippen LogP contribution in [0.4, 0.5) is 14.9 Å². The Bertz CT molecular complexity index is 972. The molecule has 1 aromatic rings. The van der Waals surface area contributed by atoms with E-state index in [1.54, 1.807) is 20.8 Å². The van der Waals surface area contributed by atoms with Crippen LogP contribution in [0.5, 0.6) is 0 Å². The molecule has 0 spiro atoms. The maximum Gasteiger partial charge on any atom is 0.422 e. The first-order valence-electron chi connectivity index (χ1n) is 9.31. The van der Waals surface area contributed by atoms with Gasteiger partial charge in [-0.15, -0.1) is 0 Å². The smallest absolute Gasteiger partial charge is 0.422 e. The van der Waals surface area contributed by atoms with Gasteiger partial charge in [0.15, 0.2) is 0 Å². The highest BCUT2D eigenvalue weighted by Gasteiger charge is 2.34. The van der Waals surface area contributed by atoms with Gasteiger partial charge in [-0.3, -0.25) is 4.79 Å². The van der Waals surface area contributed by atoms with E-state index in [1.165, 1.54) is 18.2 Å². The van der Waals surface area contributed by atoms with Gasteiger partial charge >= 0.3 is 16.3 Å². The summed E-state index contributed by atoms with van der Waals surface area (Å²) < 4.78 is 46.1. The van der Waals surface area contributed by atoms with Crippen molar-refractivity contribution in [3.8, 4) is 0 Å². The van der Waals surface area contributed by atoms with Crippen LogP contribution >= 0.6 is 15.9 Å². The number of hydrogen-bond donors (Lipinski definition) is 3. The quantitative estimate of drug-likeness (QED) is 0.234. The molecule has 13 heteroatoms. The maximum atomic E-state index is 13.4. The number of Topliss-reactive ketones (excluding diaryl/α,β-unsaturated/α-hetero) is 1. The number of rotatable bonds is 5. The zero-order valence-electron chi connectivity index (χ0n) is 17.2. The van der Waals surface area contributed by atoms with Crippen molar-refractivity contribution in [3.63, 3.8) is 0 Å². The van der Waals surface area contributed by atoms with Crippen molar-refractivity contribution < 1.29 is 32.3 Å². The number of halogens is 2. The van der Waals surface area contributed by atoms with Crippen LogP contribution in [0.25, 0.3) is 0 Å². The number of hydrogen-bond acceptors (Lipinski definition) is 7. The highest BCUT2D eigenvalue weighted by Crippen LogP contribution is 2.23. The SMILES string of the molecule is CC(C)(C)OC(=O)NS(=O)(=O)N1CCC(C(=O)/C(=N/O)Nc2ccc(F)c(Br)c2)CC1. The highest BCUT2D eigenvalue weighted by molar-refractivity contribution is 9.10. The van der Waals surface area contributed by atoms with E-state index >= 15 is 0 Å². The molecule has 1 heterocycles.